The average Bonchev–Trinajstić information content (AvgIpc) is 2.58. The van der Waals surface area contributed by atoms with Crippen molar-refractivity contribution in [2.24, 2.45) is 0 Å². The summed E-state index contributed by atoms with van der Waals surface area (Å²) in [6.07, 6.45) is 0.883. The number of fused-ring (bicyclic) bond motifs is 1. The highest BCUT2D eigenvalue weighted by Gasteiger charge is 2.09. The number of halogens is 2. The van der Waals surface area contributed by atoms with E-state index in [2.05, 4.69) is 10.3 Å². The Kier molecular flexibility index (Phi) is 4.60. The minimum absolute atomic E-state index is 0.303. The Hall–Kier alpha value is -2.37. The second-order valence-corrected chi connectivity index (χ2v) is 5.30. The Bertz CT molecular complexity index is 806. The molecule has 0 aliphatic carbocycles. The van der Waals surface area contributed by atoms with Crippen LogP contribution in [0.25, 0.3) is 10.9 Å². The standard InChI is InChI=1S/C18H16F2N2O/c19-14-6-3-12(4-7-14)17(23)11-21-10-13-5-8-16(20)15-2-1-9-22-18(13)15/h1-9,17,21,23H,10-11H2. The molecule has 0 bridgehead atoms. The van der Waals surface area contributed by atoms with E-state index in [0.29, 0.717) is 29.6 Å². The van der Waals surface area contributed by atoms with Gasteiger partial charge in [-0.15, -0.1) is 0 Å². The van der Waals surface area contributed by atoms with E-state index < -0.39 is 6.10 Å². The van der Waals surface area contributed by atoms with Crippen LogP contribution in [0.15, 0.2) is 54.7 Å². The van der Waals surface area contributed by atoms with Gasteiger partial charge in [0.25, 0.3) is 0 Å². The molecule has 1 unspecified atom stereocenters. The normalized spacial score (nSPS) is 12.5. The van der Waals surface area contributed by atoms with E-state index in [4.69, 9.17) is 0 Å². The van der Waals surface area contributed by atoms with E-state index in [9.17, 15) is 13.9 Å². The van der Waals surface area contributed by atoms with Gasteiger partial charge in [-0.3, -0.25) is 4.98 Å². The molecule has 118 valence electrons. The molecule has 2 aromatic carbocycles. The smallest absolute Gasteiger partial charge is 0.132 e. The molecule has 3 nitrogen and oxygen atoms in total. The fraction of sp³-hybridized carbons (Fsp3) is 0.167. The Morgan fingerprint density at radius 3 is 2.61 bits per heavy atom. The van der Waals surface area contributed by atoms with E-state index in [1.807, 2.05) is 0 Å². The van der Waals surface area contributed by atoms with Gasteiger partial charge in [-0.05, 0) is 41.5 Å². The van der Waals surface area contributed by atoms with Crippen LogP contribution < -0.4 is 5.32 Å². The van der Waals surface area contributed by atoms with Crippen LogP contribution in [0.3, 0.4) is 0 Å². The summed E-state index contributed by atoms with van der Waals surface area (Å²) in [5.41, 5.74) is 2.10. The summed E-state index contributed by atoms with van der Waals surface area (Å²) in [7, 11) is 0. The van der Waals surface area contributed by atoms with Crippen molar-refractivity contribution in [2.75, 3.05) is 6.54 Å². The van der Waals surface area contributed by atoms with E-state index in [0.717, 1.165) is 5.56 Å². The van der Waals surface area contributed by atoms with Crippen LogP contribution in [0, 0.1) is 11.6 Å². The third-order valence-corrected chi connectivity index (χ3v) is 3.71. The molecular weight excluding hydrogens is 298 g/mol. The first-order valence-corrected chi connectivity index (χ1v) is 7.31. The monoisotopic (exact) mass is 314 g/mol. The van der Waals surface area contributed by atoms with Crippen LogP contribution in [0.2, 0.25) is 0 Å². The van der Waals surface area contributed by atoms with Crippen molar-refractivity contribution in [3.63, 3.8) is 0 Å². The Morgan fingerprint density at radius 1 is 1.04 bits per heavy atom. The quantitative estimate of drug-likeness (QED) is 0.759. The number of nitrogens with one attached hydrogen (secondary N) is 1. The number of pyridine rings is 1. The number of aromatic nitrogens is 1. The van der Waals surface area contributed by atoms with Crippen LogP contribution >= 0.6 is 0 Å². The van der Waals surface area contributed by atoms with Crippen molar-refractivity contribution in [2.45, 2.75) is 12.6 Å². The Balaban J connectivity index is 1.67. The summed E-state index contributed by atoms with van der Waals surface area (Å²) >= 11 is 0. The van der Waals surface area contributed by atoms with Crippen molar-refractivity contribution in [3.8, 4) is 0 Å². The lowest BCUT2D eigenvalue weighted by atomic mass is 10.1. The van der Waals surface area contributed by atoms with E-state index in [-0.39, 0.29) is 11.6 Å². The number of aliphatic hydroxyl groups is 1. The highest BCUT2D eigenvalue weighted by atomic mass is 19.1. The van der Waals surface area contributed by atoms with E-state index in [1.54, 1.807) is 36.5 Å². The SMILES string of the molecule is OC(CNCc1ccc(F)c2cccnc12)c1ccc(F)cc1. The Labute approximate surface area is 132 Å². The summed E-state index contributed by atoms with van der Waals surface area (Å²) in [5, 5.41) is 13.7. The van der Waals surface area contributed by atoms with Gasteiger partial charge < -0.3 is 10.4 Å². The lowest BCUT2D eigenvalue weighted by Gasteiger charge is -2.13. The van der Waals surface area contributed by atoms with Gasteiger partial charge in [-0.25, -0.2) is 8.78 Å². The molecule has 5 heteroatoms. The molecule has 0 fully saturated rings. The molecule has 1 atom stereocenters. The fourth-order valence-corrected chi connectivity index (χ4v) is 2.49. The fourth-order valence-electron chi connectivity index (χ4n) is 2.49. The highest BCUT2D eigenvalue weighted by Crippen LogP contribution is 2.20. The maximum atomic E-state index is 13.7. The van der Waals surface area contributed by atoms with Crippen molar-refractivity contribution in [1.29, 1.82) is 0 Å². The number of rotatable bonds is 5. The molecule has 0 radical (unpaired) electrons. The lowest BCUT2D eigenvalue weighted by molar-refractivity contribution is 0.174. The van der Waals surface area contributed by atoms with Crippen LogP contribution in [0.5, 0.6) is 0 Å². The van der Waals surface area contributed by atoms with E-state index in [1.165, 1.54) is 18.2 Å². The number of benzene rings is 2. The maximum absolute atomic E-state index is 13.7. The molecule has 0 aliphatic heterocycles. The molecule has 1 heterocycles. The summed E-state index contributed by atoms with van der Waals surface area (Å²) in [6.45, 7) is 0.753. The first-order valence-electron chi connectivity index (χ1n) is 7.31. The molecule has 23 heavy (non-hydrogen) atoms. The molecule has 3 aromatic rings. The molecule has 0 saturated heterocycles. The van der Waals surface area contributed by atoms with E-state index >= 15 is 0 Å². The molecule has 3 rings (SSSR count). The van der Waals surface area contributed by atoms with Crippen molar-refractivity contribution in [1.82, 2.24) is 10.3 Å². The predicted molar refractivity (Wildman–Crippen MR) is 84.8 cm³/mol. The molecule has 0 aliphatic rings. The average molecular weight is 314 g/mol. The zero-order chi connectivity index (χ0) is 16.2. The third-order valence-electron chi connectivity index (χ3n) is 3.71. The minimum atomic E-state index is -0.740. The Morgan fingerprint density at radius 2 is 1.83 bits per heavy atom. The van der Waals surface area contributed by atoms with Crippen molar-refractivity contribution < 1.29 is 13.9 Å². The predicted octanol–water partition coefficient (Wildman–Crippen LogP) is 3.34. The first-order chi connectivity index (χ1) is 11.1. The molecule has 0 spiro atoms. The zero-order valence-corrected chi connectivity index (χ0v) is 12.3. The minimum Gasteiger partial charge on any atom is -0.387 e. The largest absolute Gasteiger partial charge is 0.387 e. The number of hydrogen-bond acceptors (Lipinski definition) is 3. The second kappa shape index (κ2) is 6.81. The van der Waals surface area contributed by atoms with Crippen molar-refractivity contribution >= 4 is 10.9 Å². The summed E-state index contributed by atoms with van der Waals surface area (Å²) < 4.78 is 26.6. The van der Waals surface area contributed by atoms with Gasteiger partial charge in [0, 0.05) is 24.7 Å². The summed E-state index contributed by atoms with van der Waals surface area (Å²) in [5.74, 6) is -0.638. The molecular formula is C18H16F2N2O. The van der Waals surface area contributed by atoms with Gasteiger partial charge >= 0.3 is 0 Å². The third kappa shape index (κ3) is 3.52. The summed E-state index contributed by atoms with van der Waals surface area (Å²) in [6, 6.07) is 12.2. The van der Waals surface area contributed by atoms with Gasteiger partial charge in [0.05, 0.1) is 11.6 Å². The lowest BCUT2D eigenvalue weighted by Crippen LogP contribution is -2.21. The topological polar surface area (TPSA) is 45.1 Å². The molecule has 1 aromatic heterocycles. The molecule has 0 saturated carbocycles. The van der Waals surface area contributed by atoms with Gasteiger partial charge in [0.15, 0.2) is 0 Å². The second-order valence-electron chi connectivity index (χ2n) is 5.30. The number of aliphatic hydroxyl groups excluding tert-OH is 1. The van der Waals surface area contributed by atoms with Gasteiger partial charge in [-0.1, -0.05) is 18.2 Å². The van der Waals surface area contributed by atoms with Gasteiger partial charge in [0.1, 0.15) is 11.6 Å². The number of hydrogen-bond donors (Lipinski definition) is 2. The van der Waals surface area contributed by atoms with Crippen LogP contribution in [-0.2, 0) is 6.54 Å². The van der Waals surface area contributed by atoms with Crippen LogP contribution in [0.1, 0.15) is 17.2 Å². The van der Waals surface area contributed by atoms with Crippen LogP contribution in [0.4, 0.5) is 8.78 Å². The first kappa shape index (κ1) is 15.5. The molecule has 2 N–H and O–H groups in total. The highest BCUT2D eigenvalue weighted by molar-refractivity contribution is 5.82. The number of nitrogens with zero attached hydrogens (tertiary/aromatic N) is 1. The van der Waals surface area contributed by atoms with Crippen LogP contribution in [-0.4, -0.2) is 16.6 Å². The van der Waals surface area contributed by atoms with Gasteiger partial charge in [0.2, 0.25) is 0 Å². The van der Waals surface area contributed by atoms with Crippen molar-refractivity contribution in [3.05, 3.63) is 77.5 Å². The summed E-state index contributed by atoms with van der Waals surface area (Å²) in [4.78, 5) is 4.22. The zero-order valence-electron chi connectivity index (χ0n) is 12.3. The maximum Gasteiger partial charge on any atom is 0.132 e. The van der Waals surface area contributed by atoms with Gasteiger partial charge in [-0.2, -0.15) is 0 Å². The molecule has 0 amide bonds.